The SMILES string of the molecule is COCCCn1cc(C)nc1NC(C)CCOC. The van der Waals surface area contributed by atoms with Gasteiger partial charge >= 0.3 is 0 Å². The summed E-state index contributed by atoms with van der Waals surface area (Å²) in [6.07, 6.45) is 4.04. The van der Waals surface area contributed by atoms with E-state index < -0.39 is 0 Å². The van der Waals surface area contributed by atoms with E-state index in [4.69, 9.17) is 9.47 Å². The lowest BCUT2D eigenvalue weighted by Crippen LogP contribution is -2.20. The average molecular weight is 255 g/mol. The van der Waals surface area contributed by atoms with Gasteiger partial charge in [0, 0.05) is 46.2 Å². The van der Waals surface area contributed by atoms with Crippen LogP contribution in [0.15, 0.2) is 6.20 Å². The van der Waals surface area contributed by atoms with Crippen LogP contribution in [0.4, 0.5) is 5.95 Å². The van der Waals surface area contributed by atoms with Crippen molar-refractivity contribution in [2.24, 2.45) is 0 Å². The van der Waals surface area contributed by atoms with E-state index in [0.29, 0.717) is 6.04 Å². The summed E-state index contributed by atoms with van der Waals surface area (Å²) < 4.78 is 12.3. The van der Waals surface area contributed by atoms with Crippen LogP contribution in [0, 0.1) is 6.92 Å². The molecule has 0 amide bonds. The number of ether oxygens (including phenoxy) is 2. The largest absolute Gasteiger partial charge is 0.385 e. The molecule has 104 valence electrons. The highest BCUT2D eigenvalue weighted by atomic mass is 16.5. The van der Waals surface area contributed by atoms with Crippen LogP contribution in [0.25, 0.3) is 0 Å². The second-order valence-electron chi connectivity index (χ2n) is 4.57. The van der Waals surface area contributed by atoms with Crippen molar-refractivity contribution in [1.82, 2.24) is 9.55 Å². The Bertz CT molecular complexity index is 339. The van der Waals surface area contributed by atoms with Crippen molar-refractivity contribution in [3.8, 4) is 0 Å². The van der Waals surface area contributed by atoms with Gasteiger partial charge in [0.25, 0.3) is 0 Å². The van der Waals surface area contributed by atoms with Crippen LogP contribution in [0.1, 0.15) is 25.5 Å². The van der Waals surface area contributed by atoms with Gasteiger partial charge < -0.3 is 19.4 Å². The Balaban J connectivity index is 2.52. The van der Waals surface area contributed by atoms with Gasteiger partial charge in [-0.1, -0.05) is 0 Å². The maximum absolute atomic E-state index is 5.08. The Morgan fingerprint density at radius 2 is 2.06 bits per heavy atom. The number of nitrogens with zero attached hydrogens (tertiary/aromatic N) is 2. The minimum atomic E-state index is 0.355. The van der Waals surface area contributed by atoms with Gasteiger partial charge in [0.05, 0.1) is 5.69 Å². The number of imidazole rings is 1. The minimum Gasteiger partial charge on any atom is -0.385 e. The Kier molecular flexibility index (Phi) is 6.75. The Morgan fingerprint density at radius 1 is 1.33 bits per heavy atom. The predicted octanol–water partition coefficient (Wildman–Crippen LogP) is 2.06. The van der Waals surface area contributed by atoms with Crippen LogP contribution in [-0.2, 0) is 16.0 Å². The molecule has 5 nitrogen and oxygen atoms in total. The summed E-state index contributed by atoms with van der Waals surface area (Å²) in [5, 5.41) is 3.42. The summed E-state index contributed by atoms with van der Waals surface area (Å²) in [4.78, 5) is 4.51. The summed E-state index contributed by atoms with van der Waals surface area (Å²) >= 11 is 0. The van der Waals surface area contributed by atoms with Crippen molar-refractivity contribution >= 4 is 5.95 Å². The van der Waals surface area contributed by atoms with E-state index in [1.54, 1.807) is 14.2 Å². The first kappa shape index (κ1) is 15.0. The normalized spacial score (nSPS) is 12.7. The van der Waals surface area contributed by atoms with Crippen LogP contribution in [0.2, 0.25) is 0 Å². The van der Waals surface area contributed by atoms with E-state index in [9.17, 15) is 0 Å². The number of methoxy groups -OCH3 is 2. The van der Waals surface area contributed by atoms with Crippen LogP contribution in [0.5, 0.6) is 0 Å². The zero-order valence-corrected chi connectivity index (χ0v) is 11.9. The molecule has 5 heteroatoms. The molecule has 0 radical (unpaired) electrons. The molecule has 0 fully saturated rings. The molecular formula is C13H25N3O2. The van der Waals surface area contributed by atoms with Gasteiger partial charge in [-0.15, -0.1) is 0 Å². The van der Waals surface area contributed by atoms with E-state index in [-0.39, 0.29) is 0 Å². The summed E-state index contributed by atoms with van der Waals surface area (Å²) in [6.45, 7) is 6.61. The van der Waals surface area contributed by atoms with E-state index in [1.807, 2.05) is 6.92 Å². The quantitative estimate of drug-likeness (QED) is 0.686. The summed E-state index contributed by atoms with van der Waals surface area (Å²) in [5.74, 6) is 0.937. The molecule has 1 aromatic rings. The van der Waals surface area contributed by atoms with Gasteiger partial charge in [-0.05, 0) is 26.7 Å². The summed E-state index contributed by atoms with van der Waals surface area (Å²) in [5.41, 5.74) is 1.04. The Morgan fingerprint density at radius 3 is 2.72 bits per heavy atom. The topological polar surface area (TPSA) is 48.3 Å². The standard InChI is InChI=1S/C13H25N3O2/c1-11(6-9-18-4)14-13-15-12(2)10-16(13)7-5-8-17-3/h10-11H,5-9H2,1-4H3,(H,14,15). The van der Waals surface area contributed by atoms with Gasteiger partial charge in [0.1, 0.15) is 0 Å². The fourth-order valence-corrected chi connectivity index (χ4v) is 1.80. The molecular weight excluding hydrogens is 230 g/mol. The maximum Gasteiger partial charge on any atom is 0.203 e. The van der Waals surface area contributed by atoms with Gasteiger partial charge in [0.2, 0.25) is 5.95 Å². The molecule has 0 saturated heterocycles. The van der Waals surface area contributed by atoms with Crippen molar-refractivity contribution in [3.63, 3.8) is 0 Å². The molecule has 1 aromatic heterocycles. The molecule has 0 aliphatic rings. The van der Waals surface area contributed by atoms with Gasteiger partial charge in [0.15, 0.2) is 0 Å². The number of nitrogens with one attached hydrogen (secondary N) is 1. The second kappa shape index (κ2) is 8.11. The first-order chi connectivity index (χ1) is 8.67. The second-order valence-corrected chi connectivity index (χ2v) is 4.57. The molecule has 0 aliphatic heterocycles. The smallest absolute Gasteiger partial charge is 0.203 e. The lowest BCUT2D eigenvalue weighted by molar-refractivity contribution is 0.190. The van der Waals surface area contributed by atoms with Gasteiger partial charge in [-0.25, -0.2) is 4.98 Å². The lowest BCUT2D eigenvalue weighted by atomic mass is 10.2. The molecule has 0 aromatic carbocycles. The molecule has 1 N–H and O–H groups in total. The molecule has 0 bridgehead atoms. The van der Waals surface area contributed by atoms with E-state index in [1.165, 1.54) is 0 Å². The minimum absolute atomic E-state index is 0.355. The van der Waals surface area contributed by atoms with Crippen molar-refractivity contribution < 1.29 is 9.47 Å². The van der Waals surface area contributed by atoms with Crippen molar-refractivity contribution in [2.45, 2.75) is 39.3 Å². The Labute approximate surface area is 109 Å². The third-order valence-electron chi connectivity index (χ3n) is 2.77. The zero-order valence-electron chi connectivity index (χ0n) is 11.9. The number of anilines is 1. The monoisotopic (exact) mass is 255 g/mol. The summed E-state index contributed by atoms with van der Waals surface area (Å²) in [6, 6.07) is 0.355. The summed E-state index contributed by atoms with van der Waals surface area (Å²) in [7, 11) is 3.45. The van der Waals surface area contributed by atoms with Crippen molar-refractivity contribution in [2.75, 3.05) is 32.8 Å². The molecule has 1 unspecified atom stereocenters. The lowest BCUT2D eigenvalue weighted by Gasteiger charge is -2.15. The van der Waals surface area contributed by atoms with E-state index in [0.717, 1.165) is 44.2 Å². The molecule has 0 saturated carbocycles. The average Bonchev–Trinajstić information content (AvgIpc) is 2.67. The molecule has 1 atom stereocenters. The fraction of sp³-hybridized carbons (Fsp3) is 0.769. The molecule has 1 heterocycles. The van der Waals surface area contributed by atoms with Crippen molar-refractivity contribution in [3.05, 3.63) is 11.9 Å². The zero-order chi connectivity index (χ0) is 13.4. The van der Waals surface area contributed by atoms with Crippen LogP contribution in [-0.4, -0.2) is 43.0 Å². The van der Waals surface area contributed by atoms with E-state index in [2.05, 4.69) is 28.0 Å². The molecule has 0 aliphatic carbocycles. The number of aryl methyl sites for hydroxylation is 2. The highest BCUT2D eigenvalue weighted by Gasteiger charge is 2.08. The van der Waals surface area contributed by atoms with Crippen LogP contribution < -0.4 is 5.32 Å². The first-order valence-electron chi connectivity index (χ1n) is 6.45. The number of hydrogen-bond acceptors (Lipinski definition) is 4. The third-order valence-corrected chi connectivity index (χ3v) is 2.77. The van der Waals surface area contributed by atoms with Crippen molar-refractivity contribution in [1.29, 1.82) is 0 Å². The first-order valence-corrected chi connectivity index (χ1v) is 6.45. The fourth-order valence-electron chi connectivity index (χ4n) is 1.80. The molecule has 1 rings (SSSR count). The highest BCUT2D eigenvalue weighted by molar-refractivity contribution is 5.29. The predicted molar refractivity (Wildman–Crippen MR) is 73.0 cm³/mol. The Hall–Kier alpha value is -1.07. The van der Waals surface area contributed by atoms with Crippen LogP contribution in [0.3, 0.4) is 0 Å². The number of hydrogen-bond donors (Lipinski definition) is 1. The number of rotatable bonds is 9. The maximum atomic E-state index is 5.08. The van der Waals surface area contributed by atoms with E-state index >= 15 is 0 Å². The third kappa shape index (κ3) is 5.06. The van der Waals surface area contributed by atoms with Crippen LogP contribution >= 0.6 is 0 Å². The highest BCUT2D eigenvalue weighted by Crippen LogP contribution is 2.11. The molecule has 0 spiro atoms. The van der Waals surface area contributed by atoms with Gasteiger partial charge in [-0.2, -0.15) is 0 Å². The van der Waals surface area contributed by atoms with Gasteiger partial charge in [-0.3, -0.25) is 0 Å². The molecule has 18 heavy (non-hydrogen) atoms. The number of aromatic nitrogens is 2.